The number of nitrogens with zero attached hydrogens (tertiary/aromatic N) is 4. The molecule has 4 rings (SSSR count). The van der Waals surface area contributed by atoms with Gasteiger partial charge < -0.3 is 9.47 Å². The summed E-state index contributed by atoms with van der Waals surface area (Å²) in [4.78, 5) is 22.0. The van der Waals surface area contributed by atoms with Gasteiger partial charge in [0.2, 0.25) is 0 Å². The molecule has 2 fully saturated rings. The van der Waals surface area contributed by atoms with Gasteiger partial charge in [-0.25, -0.2) is 4.98 Å². The largest absolute Gasteiger partial charge is 0.337 e. The van der Waals surface area contributed by atoms with Crippen molar-refractivity contribution in [2.45, 2.75) is 64.5 Å². The summed E-state index contributed by atoms with van der Waals surface area (Å²) < 4.78 is 2.22. The third kappa shape index (κ3) is 3.10. The molecule has 1 saturated carbocycles. The van der Waals surface area contributed by atoms with Crippen molar-refractivity contribution in [3.05, 3.63) is 17.7 Å². The van der Waals surface area contributed by atoms with E-state index < -0.39 is 0 Å². The van der Waals surface area contributed by atoms with E-state index in [1.165, 1.54) is 38.6 Å². The summed E-state index contributed by atoms with van der Waals surface area (Å²) in [5.74, 6) is 2.08. The molecule has 24 heavy (non-hydrogen) atoms. The molecule has 5 heteroatoms. The molecule has 132 valence electrons. The maximum absolute atomic E-state index is 12.7. The average Bonchev–Trinajstić information content (AvgIpc) is 3.27. The molecule has 5 nitrogen and oxygen atoms in total. The lowest BCUT2D eigenvalue weighted by Gasteiger charge is -2.35. The number of carbonyl (C=O) groups is 1. The molecule has 2 aliphatic heterocycles. The minimum absolute atomic E-state index is 0.131. The summed E-state index contributed by atoms with van der Waals surface area (Å²) in [6.45, 7) is 7.28. The van der Waals surface area contributed by atoms with E-state index in [0.29, 0.717) is 11.7 Å². The van der Waals surface area contributed by atoms with Crippen LogP contribution in [0.5, 0.6) is 0 Å². The van der Waals surface area contributed by atoms with Crippen molar-refractivity contribution in [2.75, 3.05) is 26.2 Å². The average molecular weight is 330 g/mol. The number of imidazole rings is 1. The molecule has 3 heterocycles. The lowest BCUT2D eigenvalue weighted by molar-refractivity contribution is 0.0718. The Balaban J connectivity index is 1.47. The molecule has 3 aliphatic rings. The number of amides is 1. The zero-order valence-electron chi connectivity index (χ0n) is 14.9. The van der Waals surface area contributed by atoms with E-state index in [1.807, 2.05) is 11.1 Å². The third-order valence-electron chi connectivity index (χ3n) is 6.19. The number of carbonyl (C=O) groups excluding carboxylic acids is 1. The van der Waals surface area contributed by atoms with Crippen LogP contribution in [0, 0.1) is 5.92 Å². The second-order valence-electron chi connectivity index (χ2n) is 7.85. The first-order valence-electron chi connectivity index (χ1n) is 9.83. The number of likely N-dealkylation sites (tertiary alicyclic amines) is 1. The van der Waals surface area contributed by atoms with Crippen LogP contribution in [0.1, 0.15) is 74.2 Å². The Morgan fingerprint density at radius 1 is 1.08 bits per heavy atom. The molecule has 1 unspecified atom stereocenters. The second-order valence-corrected chi connectivity index (χ2v) is 7.85. The topological polar surface area (TPSA) is 41.4 Å². The van der Waals surface area contributed by atoms with Crippen LogP contribution in [0.15, 0.2) is 6.20 Å². The van der Waals surface area contributed by atoms with E-state index in [4.69, 9.17) is 4.98 Å². The van der Waals surface area contributed by atoms with Gasteiger partial charge in [-0.2, -0.15) is 0 Å². The van der Waals surface area contributed by atoms with Gasteiger partial charge in [-0.15, -0.1) is 0 Å². The molecule has 1 aliphatic carbocycles. The summed E-state index contributed by atoms with van der Waals surface area (Å²) >= 11 is 0. The van der Waals surface area contributed by atoms with E-state index in [2.05, 4.69) is 16.4 Å². The Labute approximate surface area is 145 Å². The Hall–Kier alpha value is -1.36. The predicted molar refractivity (Wildman–Crippen MR) is 93.9 cm³/mol. The smallest absolute Gasteiger partial charge is 0.274 e. The standard InChI is InChI=1S/C19H30N4O/c1-15-18-20-17(19(24)21-9-5-2-6-10-21)14-23(18)12-11-22(15)13-16-7-3-4-8-16/h14-16H,2-13H2,1H3. The van der Waals surface area contributed by atoms with E-state index in [-0.39, 0.29) is 5.91 Å². The van der Waals surface area contributed by atoms with Crippen molar-refractivity contribution in [3.8, 4) is 0 Å². The summed E-state index contributed by atoms with van der Waals surface area (Å²) in [5, 5.41) is 0. The summed E-state index contributed by atoms with van der Waals surface area (Å²) in [6, 6.07) is 0.322. The Bertz CT molecular complexity index is 584. The fourth-order valence-corrected chi connectivity index (χ4v) is 4.67. The van der Waals surface area contributed by atoms with Gasteiger partial charge in [-0.3, -0.25) is 9.69 Å². The molecule has 0 radical (unpaired) electrons. The maximum Gasteiger partial charge on any atom is 0.274 e. The van der Waals surface area contributed by atoms with Gasteiger partial charge in [0, 0.05) is 38.9 Å². The van der Waals surface area contributed by atoms with Crippen LogP contribution >= 0.6 is 0 Å². The van der Waals surface area contributed by atoms with E-state index in [9.17, 15) is 4.79 Å². The molecular formula is C19H30N4O. The van der Waals surface area contributed by atoms with Crippen LogP contribution < -0.4 is 0 Å². The van der Waals surface area contributed by atoms with E-state index in [1.54, 1.807) is 0 Å². The quantitative estimate of drug-likeness (QED) is 0.855. The molecule has 0 spiro atoms. The zero-order chi connectivity index (χ0) is 16.5. The van der Waals surface area contributed by atoms with Gasteiger partial charge in [-0.05, 0) is 44.9 Å². The van der Waals surface area contributed by atoms with Gasteiger partial charge in [0.25, 0.3) is 5.91 Å². The van der Waals surface area contributed by atoms with Crippen LogP contribution in [0.3, 0.4) is 0 Å². The number of hydrogen-bond acceptors (Lipinski definition) is 3. The van der Waals surface area contributed by atoms with Crippen LogP contribution in [0.4, 0.5) is 0 Å². The van der Waals surface area contributed by atoms with Gasteiger partial charge in [0.1, 0.15) is 11.5 Å². The number of piperidine rings is 1. The molecule has 1 aromatic rings. The van der Waals surface area contributed by atoms with Crippen molar-refractivity contribution < 1.29 is 4.79 Å². The van der Waals surface area contributed by atoms with Crippen LogP contribution in [-0.2, 0) is 6.54 Å². The molecule has 0 N–H and O–H groups in total. The Kier molecular flexibility index (Phi) is 4.61. The second kappa shape index (κ2) is 6.87. The molecular weight excluding hydrogens is 300 g/mol. The highest BCUT2D eigenvalue weighted by Crippen LogP contribution is 2.31. The minimum atomic E-state index is 0.131. The van der Waals surface area contributed by atoms with Crippen molar-refractivity contribution in [3.63, 3.8) is 0 Å². The predicted octanol–water partition coefficient (Wildman–Crippen LogP) is 3.08. The fourth-order valence-electron chi connectivity index (χ4n) is 4.67. The molecule has 1 aromatic heterocycles. The van der Waals surface area contributed by atoms with Crippen molar-refractivity contribution >= 4 is 5.91 Å². The number of aromatic nitrogens is 2. The first kappa shape index (κ1) is 16.1. The molecule has 1 saturated heterocycles. The van der Waals surface area contributed by atoms with Crippen LogP contribution in [0.25, 0.3) is 0 Å². The molecule has 0 bridgehead atoms. The highest BCUT2D eigenvalue weighted by Gasteiger charge is 2.30. The SMILES string of the molecule is CC1c2nc(C(=O)N3CCCCC3)cn2CCN1CC1CCCC1. The lowest BCUT2D eigenvalue weighted by Crippen LogP contribution is -2.39. The lowest BCUT2D eigenvalue weighted by atomic mass is 10.1. The zero-order valence-corrected chi connectivity index (χ0v) is 14.9. The highest BCUT2D eigenvalue weighted by molar-refractivity contribution is 5.92. The van der Waals surface area contributed by atoms with Gasteiger partial charge in [0.05, 0.1) is 6.04 Å². The summed E-state index contributed by atoms with van der Waals surface area (Å²) in [6.07, 6.45) is 11.1. The third-order valence-corrected chi connectivity index (χ3v) is 6.19. The van der Waals surface area contributed by atoms with E-state index >= 15 is 0 Å². The van der Waals surface area contributed by atoms with Crippen LogP contribution in [-0.4, -0.2) is 51.4 Å². The number of fused-ring (bicyclic) bond motifs is 1. The molecule has 0 aromatic carbocycles. The van der Waals surface area contributed by atoms with Gasteiger partial charge >= 0.3 is 0 Å². The highest BCUT2D eigenvalue weighted by atomic mass is 16.2. The summed E-state index contributed by atoms with van der Waals surface area (Å²) in [5.41, 5.74) is 0.654. The number of rotatable bonds is 3. The monoisotopic (exact) mass is 330 g/mol. The van der Waals surface area contributed by atoms with Crippen molar-refractivity contribution in [1.82, 2.24) is 19.4 Å². The van der Waals surface area contributed by atoms with Gasteiger partial charge in [0.15, 0.2) is 0 Å². The van der Waals surface area contributed by atoms with Crippen molar-refractivity contribution in [1.29, 1.82) is 0 Å². The number of hydrogen-bond donors (Lipinski definition) is 0. The maximum atomic E-state index is 12.7. The Morgan fingerprint density at radius 3 is 2.58 bits per heavy atom. The minimum Gasteiger partial charge on any atom is -0.337 e. The van der Waals surface area contributed by atoms with E-state index in [0.717, 1.165) is 50.8 Å². The molecule has 1 amide bonds. The first-order chi connectivity index (χ1) is 11.7. The first-order valence-corrected chi connectivity index (χ1v) is 9.83. The molecule has 1 atom stereocenters. The fraction of sp³-hybridized carbons (Fsp3) is 0.789. The normalized spacial score (nSPS) is 25.9. The Morgan fingerprint density at radius 2 is 1.83 bits per heavy atom. The van der Waals surface area contributed by atoms with Gasteiger partial charge in [-0.1, -0.05) is 12.8 Å². The summed E-state index contributed by atoms with van der Waals surface area (Å²) in [7, 11) is 0. The van der Waals surface area contributed by atoms with Crippen molar-refractivity contribution in [2.24, 2.45) is 5.92 Å². The van der Waals surface area contributed by atoms with Crippen LogP contribution in [0.2, 0.25) is 0 Å².